The van der Waals surface area contributed by atoms with Crippen LogP contribution in [0.2, 0.25) is 0 Å². The average Bonchev–Trinajstić information content (AvgIpc) is 2.39. The first-order valence-corrected chi connectivity index (χ1v) is 7.14. The van der Waals surface area contributed by atoms with Crippen molar-refractivity contribution in [3.05, 3.63) is 53.2 Å². The molecular weight excluding hydrogens is 256 g/mol. The number of nitrogen functional groups attached to an aromatic ring is 1. The van der Waals surface area contributed by atoms with Crippen molar-refractivity contribution < 1.29 is 5.11 Å². The summed E-state index contributed by atoms with van der Waals surface area (Å²) in [7, 11) is 0. The van der Waals surface area contributed by atoms with Crippen molar-refractivity contribution in [1.82, 2.24) is 4.98 Å². The van der Waals surface area contributed by atoms with Crippen molar-refractivity contribution in [2.45, 2.75) is 24.8 Å². The van der Waals surface area contributed by atoms with Gasteiger partial charge in [0, 0.05) is 22.4 Å². The van der Waals surface area contributed by atoms with E-state index in [2.05, 4.69) is 24.0 Å². The van der Waals surface area contributed by atoms with E-state index in [0.717, 1.165) is 10.5 Å². The van der Waals surface area contributed by atoms with E-state index in [4.69, 9.17) is 5.73 Å². The molecule has 3 N–H and O–H groups in total. The van der Waals surface area contributed by atoms with Gasteiger partial charge in [-0.15, -0.1) is 11.8 Å². The predicted octanol–water partition coefficient (Wildman–Crippen LogP) is 3.11. The fourth-order valence-corrected chi connectivity index (χ4v) is 2.81. The molecule has 0 aliphatic rings. The van der Waals surface area contributed by atoms with Crippen LogP contribution in [0, 0.1) is 13.8 Å². The number of thioether (sulfide) groups is 1. The summed E-state index contributed by atoms with van der Waals surface area (Å²) in [5.74, 6) is 0.974. The molecule has 1 aromatic heterocycles. The highest BCUT2D eigenvalue weighted by Crippen LogP contribution is 2.27. The maximum Gasteiger partial charge on any atom is 0.129 e. The van der Waals surface area contributed by atoms with E-state index in [1.807, 2.05) is 25.1 Å². The summed E-state index contributed by atoms with van der Waals surface area (Å²) in [6.07, 6.45) is 1.11. The van der Waals surface area contributed by atoms with E-state index < -0.39 is 6.10 Å². The Labute approximate surface area is 117 Å². The van der Waals surface area contributed by atoms with Gasteiger partial charge in [-0.2, -0.15) is 0 Å². The zero-order valence-corrected chi connectivity index (χ0v) is 11.9. The molecule has 1 aromatic carbocycles. The predicted molar refractivity (Wildman–Crippen MR) is 80.2 cm³/mol. The molecule has 100 valence electrons. The minimum Gasteiger partial charge on any atom is -0.387 e. The van der Waals surface area contributed by atoms with Gasteiger partial charge in [0.05, 0.1) is 6.10 Å². The van der Waals surface area contributed by atoms with Crippen LogP contribution in [-0.2, 0) is 0 Å². The third kappa shape index (κ3) is 3.72. The Kier molecular flexibility index (Phi) is 4.45. The number of anilines is 1. The number of rotatable bonds is 4. The Morgan fingerprint density at radius 3 is 2.79 bits per heavy atom. The lowest BCUT2D eigenvalue weighted by atomic mass is 10.1. The van der Waals surface area contributed by atoms with E-state index in [9.17, 15) is 5.11 Å². The molecule has 0 spiro atoms. The second-order valence-corrected chi connectivity index (χ2v) is 5.72. The summed E-state index contributed by atoms with van der Waals surface area (Å²) < 4.78 is 0. The number of benzene rings is 1. The average molecular weight is 274 g/mol. The van der Waals surface area contributed by atoms with Crippen molar-refractivity contribution in [1.29, 1.82) is 0 Å². The molecule has 0 aliphatic carbocycles. The van der Waals surface area contributed by atoms with Crippen molar-refractivity contribution >= 4 is 17.6 Å². The first-order valence-electron chi connectivity index (χ1n) is 6.16. The SMILES string of the molecule is Cc1cccc(SCC(O)c2cc(C)cnc2N)c1. The molecule has 0 saturated carbocycles. The normalized spacial score (nSPS) is 12.4. The first-order chi connectivity index (χ1) is 9.06. The summed E-state index contributed by atoms with van der Waals surface area (Å²) in [5.41, 5.74) is 8.73. The van der Waals surface area contributed by atoms with Gasteiger partial charge in [0.25, 0.3) is 0 Å². The molecular formula is C15H18N2OS. The van der Waals surface area contributed by atoms with Crippen LogP contribution in [-0.4, -0.2) is 15.8 Å². The van der Waals surface area contributed by atoms with Crippen molar-refractivity contribution in [3.63, 3.8) is 0 Å². The summed E-state index contributed by atoms with van der Waals surface area (Å²) in [4.78, 5) is 5.23. The molecule has 19 heavy (non-hydrogen) atoms. The largest absolute Gasteiger partial charge is 0.387 e. The van der Waals surface area contributed by atoms with Crippen LogP contribution in [0.15, 0.2) is 41.4 Å². The molecule has 1 unspecified atom stereocenters. The summed E-state index contributed by atoms with van der Waals surface area (Å²) >= 11 is 1.62. The van der Waals surface area contributed by atoms with E-state index >= 15 is 0 Å². The Hall–Kier alpha value is -1.52. The van der Waals surface area contributed by atoms with E-state index in [1.165, 1.54) is 5.56 Å². The van der Waals surface area contributed by atoms with Crippen LogP contribution in [0.1, 0.15) is 22.8 Å². The van der Waals surface area contributed by atoms with Gasteiger partial charge < -0.3 is 10.8 Å². The molecule has 2 aromatic rings. The van der Waals surface area contributed by atoms with E-state index in [0.29, 0.717) is 17.1 Å². The molecule has 4 heteroatoms. The van der Waals surface area contributed by atoms with Gasteiger partial charge in [-0.05, 0) is 37.6 Å². The number of aliphatic hydroxyl groups excluding tert-OH is 1. The monoisotopic (exact) mass is 274 g/mol. The number of hydrogen-bond donors (Lipinski definition) is 2. The van der Waals surface area contributed by atoms with Gasteiger partial charge >= 0.3 is 0 Å². The molecule has 0 radical (unpaired) electrons. The van der Waals surface area contributed by atoms with Crippen molar-refractivity contribution in [3.8, 4) is 0 Å². The fourth-order valence-electron chi connectivity index (χ4n) is 1.84. The summed E-state index contributed by atoms with van der Waals surface area (Å²) in [6, 6.07) is 10.1. The van der Waals surface area contributed by atoms with Crippen LogP contribution in [0.25, 0.3) is 0 Å². The number of aromatic nitrogens is 1. The molecule has 3 nitrogen and oxygen atoms in total. The zero-order chi connectivity index (χ0) is 13.8. The van der Waals surface area contributed by atoms with Crippen molar-refractivity contribution in [2.75, 3.05) is 11.5 Å². The number of nitrogens with zero attached hydrogens (tertiary/aromatic N) is 1. The Balaban J connectivity index is 2.05. The Morgan fingerprint density at radius 1 is 1.26 bits per heavy atom. The Morgan fingerprint density at radius 2 is 2.05 bits per heavy atom. The highest BCUT2D eigenvalue weighted by molar-refractivity contribution is 7.99. The van der Waals surface area contributed by atoms with Gasteiger partial charge in [-0.1, -0.05) is 17.7 Å². The second-order valence-electron chi connectivity index (χ2n) is 4.63. The molecule has 2 rings (SSSR count). The lowest BCUT2D eigenvalue weighted by Gasteiger charge is -2.13. The molecule has 0 amide bonds. The molecule has 0 bridgehead atoms. The van der Waals surface area contributed by atoms with Crippen LogP contribution in [0.5, 0.6) is 0 Å². The smallest absolute Gasteiger partial charge is 0.129 e. The molecule has 0 saturated heterocycles. The highest BCUT2D eigenvalue weighted by atomic mass is 32.2. The summed E-state index contributed by atoms with van der Waals surface area (Å²) in [6.45, 7) is 4.00. The topological polar surface area (TPSA) is 59.1 Å². The molecule has 0 fully saturated rings. The third-order valence-electron chi connectivity index (χ3n) is 2.84. The quantitative estimate of drug-likeness (QED) is 0.841. The third-order valence-corrected chi connectivity index (χ3v) is 3.91. The minimum atomic E-state index is -0.599. The molecule has 1 atom stereocenters. The lowest BCUT2D eigenvalue weighted by Crippen LogP contribution is -2.06. The van der Waals surface area contributed by atoms with Crippen LogP contribution >= 0.6 is 11.8 Å². The number of pyridine rings is 1. The fraction of sp³-hybridized carbons (Fsp3) is 0.267. The summed E-state index contributed by atoms with van der Waals surface area (Å²) in [5, 5.41) is 10.2. The number of aliphatic hydroxyl groups is 1. The lowest BCUT2D eigenvalue weighted by molar-refractivity contribution is 0.204. The zero-order valence-electron chi connectivity index (χ0n) is 11.1. The second kappa shape index (κ2) is 6.08. The van der Waals surface area contributed by atoms with Crippen molar-refractivity contribution in [2.24, 2.45) is 0 Å². The first kappa shape index (κ1) is 13.9. The van der Waals surface area contributed by atoms with Crippen LogP contribution in [0.3, 0.4) is 0 Å². The maximum absolute atomic E-state index is 10.2. The van der Waals surface area contributed by atoms with E-state index in [-0.39, 0.29) is 0 Å². The van der Waals surface area contributed by atoms with Crippen LogP contribution < -0.4 is 5.73 Å². The van der Waals surface area contributed by atoms with Gasteiger partial charge in [0.2, 0.25) is 0 Å². The number of hydrogen-bond acceptors (Lipinski definition) is 4. The van der Waals surface area contributed by atoms with Gasteiger partial charge in [0.15, 0.2) is 0 Å². The minimum absolute atomic E-state index is 0.406. The highest BCUT2D eigenvalue weighted by Gasteiger charge is 2.12. The standard InChI is InChI=1S/C15H18N2OS/c1-10-4-3-5-12(6-10)19-9-14(18)13-7-11(2)8-17-15(13)16/h3-8,14,18H,9H2,1-2H3,(H2,16,17). The maximum atomic E-state index is 10.2. The van der Waals surface area contributed by atoms with Gasteiger partial charge in [0.1, 0.15) is 5.82 Å². The molecule has 0 aliphatic heterocycles. The number of aryl methyl sites for hydroxylation is 2. The van der Waals surface area contributed by atoms with Gasteiger partial charge in [-0.3, -0.25) is 0 Å². The Bertz CT molecular complexity index is 572. The molecule has 1 heterocycles. The van der Waals surface area contributed by atoms with Gasteiger partial charge in [-0.25, -0.2) is 4.98 Å². The number of nitrogens with two attached hydrogens (primary N) is 1. The van der Waals surface area contributed by atoms with E-state index in [1.54, 1.807) is 18.0 Å². The van der Waals surface area contributed by atoms with Crippen LogP contribution in [0.4, 0.5) is 5.82 Å².